The third-order valence-corrected chi connectivity index (χ3v) is 4.82. The molecule has 1 aromatic heterocycles. The molecule has 0 bridgehead atoms. The molecule has 0 aliphatic rings. The number of nitrogens with two attached hydrogens (primary N) is 1. The number of nitrogens with zero attached hydrogens (tertiary/aromatic N) is 1. The van der Waals surface area contributed by atoms with Crippen LogP contribution in [0.2, 0.25) is 5.02 Å². The lowest BCUT2D eigenvalue weighted by Crippen LogP contribution is -2.14. The highest BCUT2D eigenvalue weighted by Crippen LogP contribution is 2.30. The van der Waals surface area contributed by atoms with Gasteiger partial charge < -0.3 is 19.9 Å². The van der Waals surface area contributed by atoms with Crippen LogP contribution in [-0.4, -0.2) is 31.1 Å². The van der Waals surface area contributed by atoms with Gasteiger partial charge in [0.1, 0.15) is 17.9 Å². The summed E-state index contributed by atoms with van der Waals surface area (Å²) in [6.45, 7) is 1.56. The normalized spacial score (nSPS) is 10.6. The number of hydrogen-bond donors (Lipinski definition) is 1. The maximum Gasteiger partial charge on any atom is 0.342 e. The second-order valence-electron chi connectivity index (χ2n) is 6.22. The molecule has 0 spiro atoms. The average molecular weight is 415 g/mol. The number of esters is 2. The summed E-state index contributed by atoms with van der Waals surface area (Å²) in [7, 11) is 2.69. The first-order valence-corrected chi connectivity index (χ1v) is 9.01. The number of carbonyl (C=O) groups excluding carboxylic acids is 2. The lowest BCUT2D eigenvalue weighted by atomic mass is 10.0. The van der Waals surface area contributed by atoms with Gasteiger partial charge in [0, 0.05) is 11.5 Å². The second-order valence-corrected chi connectivity index (χ2v) is 6.62. The third kappa shape index (κ3) is 3.95. The highest BCUT2D eigenvalue weighted by Gasteiger charge is 2.22. The topological polar surface area (TPSA) is 101 Å². The van der Waals surface area contributed by atoms with E-state index in [1.807, 2.05) is 24.3 Å². The van der Waals surface area contributed by atoms with Crippen LogP contribution in [0.3, 0.4) is 0 Å². The number of hydrogen-bond acceptors (Lipinski definition) is 7. The number of aromatic nitrogens is 1. The summed E-state index contributed by atoms with van der Waals surface area (Å²) in [5, 5.41) is 1.02. The van der Waals surface area contributed by atoms with E-state index in [4.69, 9.17) is 31.5 Å². The fraction of sp³-hybridized carbons (Fsp3) is 0.190. The molecule has 0 fully saturated rings. The molecule has 2 aromatic carbocycles. The van der Waals surface area contributed by atoms with Crippen molar-refractivity contribution in [3.05, 3.63) is 63.8 Å². The Morgan fingerprint density at radius 3 is 2.55 bits per heavy atom. The van der Waals surface area contributed by atoms with Crippen LogP contribution in [0.25, 0.3) is 10.9 Å². The van der Waals surface area contributed by atoms with Crippen molar-refractivity contribution in [1.29, 1.82) is 0 Å². The van der Waals surface area contributed by atoms with Gasteiger partial charge in [-0.3, -0.25) is 0 Å². The lowest BCUT2D eigenvalue weighted by Gasteiger charge is -2.14. The number of halogens is 1. The molecule has 0 saturated heterocycles. The van der Waals surface area contributed by atoms with Crippen molar-refractivity contribution < 1.29 is 23.8 Å². The van der Waals surface area contributed by atoms with Gasteiger partial charge in [-0.2, -0.15) is 0 Å². The Morgan fingerprint density at radius 2 is 1.86 bits per heavy atom. The summed E-state index contributed by atoms with van der Waals surface area (Å²) < 4.78 is 15.5. The van der Waals surface area contributed by atoms with E-state index in [0.717, 1.165) is 5.39 Å². The Morgan fingerprint density at radius 1 is 1.14 bits per heavy atom. The van der Waals surface area contributed by atoms with E-state index < -0.39 is 11.9 Å². The van der Waals surface area contributed by atoms with Crippen LogP contribution < -0.4 is 10.5 Å². The van der Waals surface area contributed by atoms with Crippen molar-refractivity contribution in [3.63, 3.8) is 0 Å². The molecule has 0 aliphatic heterocycles. The molecule has 0 amide bonds. The number of nitrogen functional groups attached to an aromatic ring is 1. The first kappa shape index (κ1) is 20.4. The Hall–Kier alpha value is -3.32. The van der Waals surface area contributed by atoms with Crippen molar-refractivity contribution in [2.75, 3.05) is 20.0 Å². The summed E-state index contributed by atoms with van der Waals surface area (Å²) in [5.41, 5.74) is 8.07. The molecule has 29 heavy (non-hydrogen) atoms. The van der Waals surface area contributed by atoms with Crippen LogP contribution in [0.5, 0.6) is 5.75 Å². The summed E-state index contributed by atoms with van der Waals surface area (Å²) >= 11 is 6.01. The Labute approximate surface area is 172 Å². The molecule has 8 heteroatoms. The molecule has 3 aromatic rings. The fourth-order valence-corrected chi connectivity index (χ4v) is 3.19. The Bertz CT molecular complexity index is 1110. The quantitative estimate of drug-likeness (QED) is 0.498. The van der Waals surface area contributed by atoms with Gasteiger partial charge in [-0.05, 0) is 24.6 Å². The van der Waals surface area contributed by atoms with Gasteiger partial charge >= 0.3 is 11.9 Å². The number of aryl methyl sites for hydroxylation is 1. The second kappa shape index (κ2) is 8.36. The average Bonchev–Trinajstić information content (AvgIpc) is 2.73. The molecular weight excluding hydrogens is 396 g/mol. The van der Waals surface area contributed by atoms with Crippen molar-refractivity contribution in [2.24, 2.45) is 0 Å². The molecule has 150 valence electrons. The van der Waals surface area contributed by atoms with Gasteiger partial charge in [0.15, 0.2) is 0 Å². The van der Waals surface area contributed by atoms with Gasteiger partial charge in [-0.25, -0.2) is 14.6 Å². The molecule has 0 saturated carbocycles. The minimum atomic E-state index is -0.688. The van der Waals surface area contributed by atoms with Gasteiger partial charge in [0.2, 0.25) is 0 Å². The molecule has 2 N–H and O–H groups in total. The number of ether oxygens (including phenoxy) is 3. The number of anilines is 1. The molecule has 7 nitrogen and oxygen atoms in total. The zero-order valence-electron chi connectivity index (χ0n) is 16.1. The maximum atomic E-state index is 12.6. The molecule has 0 radical (unpaired) electrons. The highest BCUT2D eigenvalue weighted by molar-refractivity contribution is 6.33. The maximum absolute atomic E-state index is 12.6. The predicted octanol–water partition coefficient (Wildman–Crippen LogP) is 3.93. The number of pyridine rings is 1. The fourth-order valence-electron chi connectivity index (χ4n) is 3.03. The lowest BCUT2D eigenvalue weighted by molar-refractivity contribution is 0.0452. The van der Waals surface area contributed by atoms with E-state index in [-0.39, 0.29) is 34.2 Å². The van der Waals surface area contributed by atoms with Crippen LogP contribution in [0.1, 0.15) is 32.0 Å². The highest BCUT2D eigenvalue weighted by atomic mass is 35.5. The molecule has 1 heterocycles. The Kier molecular flexibility index (Phi) is 5.89. The molecule has 0 unspecified atom stereocenters. The molecule has 3 rings (SSSR count). The summed E-state index contributed by atoms with van der Waals surface area (Å²) in [6, 6.07) is 10.2. The predicted molar refractivity (Wildman–Crippen MR) is 109 cm³/mol. The zero-order chi connectivity index (χ0) is 21.1. The molecule has 0 aliphatic carbocycles. The number of rotatable bonds is 5. The standard InChI is InChI=1S/C21H19ClN2O5/c1-11-12-6-4-5-7-16(12)24-17(19(11)21(26)28-3)10-29-20(25)13-8-14(22)15(23)9-18(13)27-2/h4-9H,10,23H2,1-3H3. The molecular formula is C21H19ClN2O5. The minimum absolute atomic E-state index is 0.115. The van der Waals surface area contributed by atoms with Crippen LogP contribution in [0, 0.1) is 6.92 Å². The van der Waals surface area contributed by atoms with Crippen molar-refractivity contribution in [1.82, 2.24) is 4.98 Å². The van der Waals surface area contributed by atoms with Crippen molar-refractivity contribution >= 4 is 40.1 Å². The number of benzene rings is 2. The minimum Gasteiger partial charge on any atom is -0.496 e. The number of fused-ring (bicyclic) bond motifs is 1. The van der Waals surface area contributed by atoms with Gasteiger partial charge in [0.05, 0.1) is 41.7 Å². The van der Waals surface area contributed by atoms with Crippen LogP contribution >= 0.6 is 11.6 Å². The van der Waals surface area contributed by atoms with Crippen LogP contribution in [0.4, 0.5) is 5.69 Å². The van der Waals surface area contributed by atoms with Gasteiger partial charge in [-0.1, -0.05) is 29.8 Å². The van der Waals surface area contributed by atoms with E-state index in [9.17, 15) is 9.59 Å². The zero-order valence-corrected chi connectivity index (χ0v) is 16.9. The van der Waals surface area contributed by atoms with Crippen molar-refractivity contribution in [3.8, 4) is 5.75 Å². The smallest absolute Gasteiger partial charge is 0.342 e. The first-order chi connectivity index (χ1) is 13.9. The summed E-state index contributed by atoms with van der Waals surface area (Å²) in [5.74, 6) is -1.01. The SMILES string of the molecule is COC(=O)c1c(COC(=O)c2cc(Cl)c(N)cc2OC)nc2ccccc2c1C. The van der Waals surface area contributed by atoms with E-state index >= 15 is 0 Å². The largest absolute Gasteiger partial charge is 0.496 e. The Balaban J connectivity index is 1.97. The van der Waals surface area contributed by atoms with E-state index in [0.29, 0.717) is 16.8 Å². The van der Waals surface area contributed by atoms with Crippen LogP contribution in [0.15, 0.2) is 36.4 Å². The van der Waals surface area contributed by atoms with E-state index in [2.05, 4.69) is 4.98 Å². The van der Waals surface area contributed by atoms with Crippen LogP contribution in [-0.2, 0) is 16.1 Å². The molecule has 0 atom stereocenters. The third-order valence-electron chi connectivity index (χ3n) is 4.50. The van der Waals surface area contributed by atoms with Gasteiger partial charge in [0.25, 0.3) is 0 Å². The summed E-state index contributed by atoms with van der Waals surface area (Å²) in [6.07, 6.45) is 0. The van der Waals surface area contributed by atoms with E-state index in [1.165, 1.54) is 26.4 Å². The van der Waals surface area contributed by atoms with Gasteiger partial charge in [-0.15, -0.1) is 0 Å². The summed E-state index contributed by atoms with van der Waals surface area (Å²) in [4.78, 5) is 29.4. The first-order valence-electron chi connectivity index (χ1n) is 8.64. The van der Waals surface area contributed by atoms with Crippen molar-refractivity contribution in [2.45, 2.75) is 13.5 Å². The number of para-hydroxylation sites is 1. The number of methoxy groups -OCH3 is 2. The monoisotopic (exact) mass is 414 g/mol. The number of carbonyl (C=O) groups is 2. The van der Waals surface area contributed by atoms with E-state index in [1.54, 1.807) is 6.92 Å².